The molecule has 0 atom stereocenters. The van der Waals surface area contributed by atoms with E-state index in [0.29, 0.717) is 16.4 Å². The average molecular weight is 355 g/mol. The summed E-state index contributed by atoms with van der Waals surface area (Å²) in [6.45, 7) is 0. The van der Waals surface area contributed by atoms with Crippen LogP contribution in [0.3, 0.4) is 0 Å². The lowest BCUT2D eigenvalue weighted by atomic mass is 10.2. The van der Waals surface area contributed by atoms with Gasteiger partial charge in [-0.25, -0.2) is 0 Å². The first-order valence-electron chi connectivity index (χ1n) is 7.04. The minimum absolute atomic E-state index is 0.206. The quantitative estimate of drug-likeness (QED) is 0.561. The molecule has 0 aliphatic carbocycles. The Morgan fingerprint density at radius 1 is 1.33 bits per heavy atom. The summed E-state index contributed by atoms with van der Waals surface area (Å²) >= 11 is 2.88. The van der Waals surface area contributed by atoms with E-state index in [1.165, 1.54) is 11.3 Å². The van der Waals surface area contributed by atoms with Crippen molar-refractivity contribution in [1.82, 2.24) is 14.8 Å². The molecule has 0 spiro atoms. The number of carbonyl (C=O) groups excluding carboxylic acids is 1. The van der Waals surface area contributed by atoms with Gasteiger partial charge in [0, 0.05) is 19.0 Å². The van der Waals surface area contributed by atoms with Crippen LogP contribution in [0.25, 0.3) is 0 Å². The van der Waals surface area contributed by atoms with Gasteiger partial charge < -0.3 is 4.57 Å². The van der Waals surface area contributed by atoms with Crippen LogP contribution in [0.15, 0.2) is 46.9 Å². The molecule has 2 heterocycles. The van der Waals surface area contributed by atoms with Crippen LogP contribution in [0.1, 0.15) is 21.6 Å². The van der Waals surface area contributed by atoms with Crippen LogP contribution in [0.5, 0.6) is 0 Å². The molecule has 6 nitrogen and oxygen atoms in total. The van der Waals surface area contributed by atoms with Crippen molar-refractivity contribution in [1.29, 1.82) is 5.26 Å². The predicted octanol–water partition coefficient (Wildman–Crippen LogP) is 3.29. The summed E-state index contributed by atoms with van der Waals surface area (Å²) in [6, 6.07) is 13.1. The molecule has 120 valence electrons. The highest BCUT2D eigenvalue weighted by Gasteiger charge is 2.12. The molecule has 3 rings (SSSR count). The summed E-state index contributed by atoms with van der Waals surface area (Å²) in [5.74, 6) is 0.522. The van der Waals surface area contributed by atoms with Gasteiger partial charge in [-0.05, 0) is 29.8 Å². The monoisotopic (exact) mass is 355 g/mol. The van der Waals surface area contributed by atoms with Crippen molar-refractivity contribution in [3.63, 3.8) is 0 Å². The molecular weight excluding hydrogens is 342 g/mol. The Kier molecular flexibility index (Phi) is 4.93. The number of hydrogen-bond donors (Lipinski definition) is 1. The van der Waals surface area contributed by atoms with Crippen molar-refractivity contribution in [2.75, 3.05) is 5.32 Å². The Hall–Kier alpha value is -2.63. The van der Waals surface area contributed by atoms with Gasteiger partial charge in [-0.2, -0.15) is 5.26 Å². The zero-order valence-corrected chi connectivity index (χ0v) is 14.4. The van der Waals surface area contributed by atoms with Gasteiger partial charge in [0.2, 0.25) is 5.13 Å². The molecule has 0 saturated heterocycles. The maximum atomic E-state index is 12.1. The fourth-order valence-corrected chi connectivity index (χ4v) is 3.70. The zero-order valence-electron chi connectivity index (χ0n) is 12.8. The molecule has 0 aliphatic heterocycles. The zero-order chi connectivity index (χ0) is 16.9. The average Bonchev–Trinajstić information content (AvgIpc) is 3.22. The number of nitrogens with one attached hydrogen (secondary N) is 1. The van der Waals surface area contributed by atoms with Crippen molar-refractivity contribution >= 4 is 34.1 Å². The number of aryl methyl sites for hydroxylation is 1. The summed E-state index contributed by atoms with van der Waals surface area (Å²) in [7, 11) is 1.81. The Labute approximate surface area is 147 Å². The molecule has 0 bridgehead atoms. The van der Waals surface area contributed by atoms with E-state index < -0.39 is 0 Å². The third-order valence-corrected chi connectivity index (χ3v) is 5.29. The minimum Gasteiger partial charge on any atom is -0.347 e. The summed E-state index contributed by atoms with van der Waals surface area (Å²) in [5, 5.41) is 20.1. The second-order valence-corrected chi connectivity index (χ2v) is 7.13. The number of aromatic nitrogens is 3. The fraction of sp³-hybridized carbons (Fsp3) is 0.125. The third kappa shape index (κ3) is 3.82. The van der Waals surface area contributed by atoms with Crippen LogP contribution in [-0.2, 0) is 12.8 Å². The molecule has 0 fully saturated rings. The smallest absolute Gasteiger partial charge is 0.274 e. The van der Waals surface area contributed by atoms with E-state index in [1.807, 2.05) is 31.4 Å². The van der Waals surface area contributed by atoms with Gasteiger partial charge in [0.1, 0.15) is 5.69 Å². The number of carbonyl (C=O) groups is 1. The van der Waals surface area contributed by atoms with E-state index in [4.69, 9.17) is 5.26 Å². The molecule has 0 aliphatic rings. The van der Waals surface area contributed by atoms with E-state index in [1.54, 1.807) is 34.5 Å². The van der Waals surface area contributed by atoms with Crippen molar-refractivity contribution in [3.05, 3.63) is 59.4 Å². The Bertz CT molecular complexity index is 892. The molecule has 1 amide bonds. The van der Waals surface area contributed by atoms with Crippen molar-refractivity contribution in [2.24, 2.45) is 7.05 Å². The molecule has 2 aromatic heterocycles. The summed E-state index contributed by atoms with van der Waals surface area (Å²) in [4.78, 5) is 12.1. The van der Waals surface area contributed by atoms with Crippen LogP contribution in [0.2, 0.25) is 0 Å². The Balaban J connectivity index is 1.58. The van der Waals surface area contributed by atoms with E-state index in [2.05, 4.69) is 21.6 Å². The van der Waals surface area contributed by atoms with Crippen LogP contribution < -0.4 is 5.32 Å². The highest BCUT2D eigenvalue weighted by atomic mass is 32.2. The first-order chi connectivity index (χ1) is 11.7. The first-order valence-corrected chi connectivity index (χ1v) is 8.84. The molecule has 1 aromatic carbocycles. The van der Waals surface area contributed by atoms with Gasteiger partial charge >= 0.3 is 0 Å². The minimum atomic E-state index is -0.206. The van der Waals surface area contributed by atoms with Gasteiger partial charge in [0.15, 0.2) is 4.34 Å². The molecule has 1 N–H and O–H groups in total. The van der Waals surface area contributed by atoms with E-state index in [0.717, 1.165) is 15.7 Å². The number of nitriles is 1. The van der Waals surface area contributed by atoms with Gasteiger partial charge in [-0.1, -0.05) is 35.2 Å². The van der Waals surface area contributed by atoms with Crippen molar-refractivity contribution in [2.45, 2.75) is 10.1 Å². The second-order valence-electron chi connectivity index (χ2n) is 4.93. The standard InChI is InChI=1S/C16H13N5OS2/c1-21-8-2-3-13(21)14(22)18-15-19-20-16(24-15)23-10-12-6-4-11(9-17)5-7-12/h2-8H,10H2,1H3,(H,18,19,22). The maximum Gasteiger partial charge on any atom is 0.274 e. The Morgan fingerprint density at radius 3 is 2.79 bits per heavy atom. The lowest BCUT2D eigenvalue weighted by Gasteiger charge is -2.01. The SMILES string of the molecule is Cn1cccc1C(=O)Nc1nnc(SCc2ccc(C#N)cc2)s1. The number of hydrogen-bond acceptors (Lipinski definition) is 6. The lowest BCUT2D eigenvalue weighted by Crippen LogP contribution is -2.15. The van der Waals surface area contributed by atoms with Crippen molar-refractivity contribution in [3.8, 4) is 6.07 Å². The van der Waals surface area contributed by atoms with E-state index in [9.17, 15) is 4.79 Å². The molecule has 0 saturated carbocycles. The number of rotatable bonds is 5. The molecule has 0 radical (unpaired) electrons. The molecule has 8 heteroatoms. The predicted molar refractivity (Wildman–Crippen MR) is 94.0 cm³/mol. The van der Waals surface area contributed by atoms with Gasteiger partial charge in [0.25, 0.3) is 5.91 Å². The van der Waals surface area contributed by atoms with E-state index >= 15 is 0 Å². The van der Waals surface area contributed by atoms with Crippen LogP contribution in [-0.4, -0.2) is 20.7 Å². The van der Waals surface area contributed by atoms with Gasteiger partial charge in [-0.3, -0.25) is 10.1 Å². The van der Waals surface area contributed by atoms with Gasteiger partial charge in [0.05, 0.1) is 11.6 Å². The number of nitrogens with zero attached hydrogens (tertiary/aromatic N) is 4. The molecule has 0 unspecified atom stereocenters. The lowest BCUT2D eigenvalue weighted by molar-refractivity contribution is 0.101. The van der Waals surface area contributed by atoms with Gasteiger partial charge in [-0.15, -0.1) is 10.2 Å². The topological polar surface area (TPSA) is 83.6 Å². The van der Waals surface area contributed by atoms with Crippen molar-refractivity contribution < 1.29 is 4.79 Å². The molecule has 24 heavy (non-hydrogen) atoms. The largest absolute Gasteiger partial charge is 0.347 e. The van der Waals surface area contributed by atoms with Crippen LogP contribution >= 0.6 is 23.1 Å². The number of thioether (sulfide) groups is 1. The molecular formula is C16H13N5OS2. The Morgan fingerprint density at radius 2 is 2.12 bits per heavy atom. The fourth-order valence-electron chi connectivity index (χ4n) is 2.00. The highest BCUT2D eigenvalue weighted by Crippen LogP contribution is 2.28. The third-order valence-electron chi connectivity index (χ3n) is 3.25. The second kappa shape index (κ2) is 7.29. The van der Waals surface area contributed by atoms with Crippen LogP contribution in [0.4, 0.5) is 5.13 Å². The normalized spacial score (nSPS) is 10.3. The number of benzene rings is 1. The maximum absolute atomic E-state index is 12.1. The first kappa shape index (κ1) is 16.2. The molecule has 3 aromatic rings. The highest BCUT2D eigenvalue weighted by molar-refractivity contribution is 8.00. The number of anilines is 1. The van der Waals surface area contributed by atoms with E-state index in [-0.39, 0.29) is 5.91 Å². The van der Waals surface area contributed by atoms with Crippen LogP contribution in [0, 0.1) is 11.3 Å². The number of amides is 1. The summed E-state index contributed by atoms with van der Waals surface area (Å²) in [5.41, 5.74) is 2.31. The summed E-state index contributed by atoms with van der Waals surface area (Å²) in [6.07, 6.45) is 1.81. The summed E-state index contributed by atoms with van der Waals surface area (Å²) < 4.78 is 2.53.